The van der Waals surface area contributed by atoms with Crippen LogP contribution in [0.3, 0.4) is 0 Å². The number of para-hydroxylation sites is 1. The number of hydrogen-bond acceptors (Lipinski definition) is 5. The topological polar surface area (TPSA) is 46.3 Å². The monoisotopic (exact) mass is 402 g/mol. The molecule has 27 heavy (non-hydrogen) atoms. The van der Waals surface area contributed by atoms with Crippen molar-refractivity contribution < 1.29 is 18.0 Å². The van der Waals surface area contributed by atoms with Crippen LogP contribution in [0.1, 0.15) is 10.6 Å². The molecular formula is C19H12F2N2O2S2. The lowest BCUT2D eigenvalue weighted by Crippen LogP contribution is -2.25. The summed E-state index contributed by atoms with van der Waals surface area (Å²) in [6, 6.07) is 17.1. The Balaban J connectivity index is 1.77. The van der Waals surface area contributed by atoms with Crippen LogP contribution < -0.4 is 4.90 Å². The summed E-state index contributed by atoms with van der Waals surface area (Å²) in [6.45, 7) is 0. The van der Waals surface area contributed by atoms with Crippen molar-refractivity contribution in [3.8, 4) is 0 Å². The lowest BCUT2D eigenvalue weighted by Gasteiger charge is -2.19. The van der Waals surface area contributed by atoms with Gasteiger partial charge in [-0.05, 0) is 48.5 Å². The van der Waals surface area contributed by atoms with Crippen molar-refractivity contribution in [2.75, 3.05) is 4.90 Å². The molecule has 0 spiro atoms. The molecule has 0 fully saturated rings. The Kier molecular flexibility index (Phi) is 4.91. The van der Waals surface area contributed by atoms with Crippen molar-refractivity contribution in [1.82, 2.24) is 4.98 Å². The van der Waals surface area contributed by atoms with E-state index < -0.39 is 5.76 Å². The summed E-state index contributed by atoms with van der Waals surface area (Å²) in [5.74, 6) is -2.71. The Labute approximate surface area is 161 Å². The molecule has 2 aromatic heterocycles. The maximum Gasteiger partial charge on any atom is 0.300 e. The minimum absolute atomic E-state index is 0.167. The number of furan rings is 1. The third kappa shape index (κ3) is 3.72. The van der Waals surface area contributed by atoms with Crippen LogP contribution in [-0.4, -0.2) is 16.6 Å². The molecule has 0 unspecified atom stereocenters. The van der Waals surface area contributed by atoms with Gasteiger partial charge in [-0.15, -0.1) is 0 Å². The summed E-state index contributed by atoms with van der Waals surface area (Å²) in [7, 11) is 0. The van der Waals surface area contributed by atoms with Gasteiger partial charge in [-0.1, -0.05) is 35.2 Å². The minimum atomic E-state index is -2.50. The molecule has 136 valence electrons. The van der Waals surface area contributed by atoms with Gasteiger partial charge in [0.15, 0.2) is 10.9 Å². The van der Waals surface area contributed by atoms with Gasteiger partial charge in [0.25, 0.3) is 11.7 Å². The van der Waals surface area contributed by atoms with Crippen LogP contribution in [0.25, 0.3) is 10.2 Å². The van der Waals surface area contributed by atoms with Gasteiger partial charge in [0, 0.05) is 4.90 Å². The van der Waals surface area contributed by atoms with Crippen molar-refractivity contribution in [3.63, 3.8) is 0 Å². The molecule has 0 bridgehead atoms. The molecule has 8 heteroatoms. The van der Waals surface area contributed by atoms with E-state index in [2.05, 4.69) is 4.98 Å². The number of carbonyl (C=O) groups excluding carboxylic acids is 1. The standard InChI is InChI=1S/C19H12F2N2O2S2/c20-18(21)26-13-9-7-12(8-10-13)23(17(24)15-5-3-11-25-15)19-22-14-4-1-2-6-16(14)27-19/h1-11,18H. The molecule has 1 amide bonds. The Bertz CT molecular complexity index is 1030. The fourth-order valence-corrected chi connectivity index (χ4v) is 4.04. The second-order valence-corrected chi connectivity index (χ2v) is 7.53. The highest BCUT2D eigenvalue weighted by Gasteiger charge is 2.25. The zero-order chi connectivity index (χ0) is 18.8. The number of nitrogens with zero attached hydrogens (tertiary/aromatic N) is 2. The molecule has 2 heterocycles. The first-order chi connectivity index (χ1) is 13.1. The average molecular weight is 402 g/mol. The third-order valence-corrected chi connectivity index (χ3v) is 5.47. The summed E-state index contributed by atoms with van der Waals surface area (Å²) in [5.41, 5.74) is 1.30. The number of fused-ring (bicyclic) bond motifs is 1. The molecule has 0 aliphatic rings. The van der Waals surface area contributed by atoms with Crippen LogP contribution in [0.15, 0.2) is 76.2 Å². The summed E-state index contributed by atoms with van der Waals surface area (Å²) in [4.78, 5) is 19.4. The van der Waals surface area contributed by atoms with E-state index in [-0.39, 0.29) is 11.7 Å². The number of alkyl halides is 2. The summed E-state index contributed by atoms with van der Waals surface area (Å²) >= 11 is 1.82. The lowest BCUT2D eigenvalue weighted by atomic mass is 10.2. The quantitative estimate of drug-likeness (QED) is 0.374. The van der Waals surface area contributed by atoms with Crippen LogP contribution in [-0.2, 0) is 0 Å². The van der Waals surface area contributed by atoms with Crippen LogP contribution in [0.5, 0.6) is 0 Å². The van der Waals surface area contributed by atoms with Gasteiger partial charge in [-0.3, -0.25) is 4.79 Å². The smallest absolute Gasteiger partial charge is 0.300 e. The van der Waals surface area contributed by atoms with Crippen LogP contribution in [0.2, 0.25) is 0 Å². The SMILES string of the molecule is O=C(c1ccco1)N(c1ccc(SC(F)F)cc1)c1nc2ccccc2s1. The highest BCUT2D eigenvalue weighted by molar-refractivity contribution is 7.99. The number of benzene rings is 2. The number of aromatic nitrogens is 1. The third-order valence-electron chi connectivity index (χ3n) is 3.73. The van der Waals surface area contributed by atoms with E-state index in [0.29, 0.717) is 27.5 Å². The van der Waals surface area contributed by atoms with Gasteiger partial charge in [-0.2, -0.15) is 8.78 Å². The van der Waals surface area contributed by atoms with Crippen molar-refractivity contribution in [1.29, 1.82) is 0 Å². The Hall–Kier alpha value is -2.71. The number of halogens is 2. The minimum Gasteiger partial charge on any atom is -0.459 e. The van der Waals surface area contributed by atoms with Gasteiger partial charge in [0.1, 0.15) is 0 Å². The molecule has 0 saturated heterocycles. The zero-order valence-electron chi connectivity index (χ0n) is 13.7. The van der Waals surface area contributed by atoms with Crippen molar-refractivity contribution in [3.05, 3.63) is 72.7 Å². The Morgan fingerprint density at radius 1 is 1.07 bits per heavy atom. The predicted molar refractivity (Wildman–Crippen MR) is 103 cm³/mol. The number of hydrogen-bond donors (Lipinski definition) is 0. The maximum absolute atomic E-state index is 13.0. The number of amides is 1. The zero-order valence-corrected chi connectivity index (χ0v) is 15.3. The fourth-order valence-electron chi connectivity index (χ4n) is 2.56. The molecule has 0 N–H and O–H groups in total. The van der Waals surface area contributed by atoms with E-state index in [1.165, 1.54) is 22.5 Å². The fraction of sp³-hybridized carbons (Fsp3) is 0.0526. The molecule has 0 aliphatic heterocycles. The molecule has 4 rings (SSSR count). The summed E-state index contributed by atoms with van der Waals surface area (Å²) in [6.07, 6.45) is 1.42. The molecular weight excluding hydrogens is 390 g/mol. The number of thiazole rings is 1. The molecule has 0 radical (unpaired) electrons. The van der Waals surface area contributed by atoms with Crippen LogP contribution >= 0.6 is 23.1 Å². The van der Waals surface area contributed by atoms with E-state index in [1.807, 2.05) is 24.3 Å². The maximum atomic E-state index is 13.0. The molecule has 4 aromatic rings. The van der Waals surface area contributed by atoms with E-state index in [1.54, 1.807) is 36.4 Å². The molecule has 0 saturated carbocycles. The van der Waals surface area contributed by atoms with Gasteiger partial charge in [-0.25, -0.2) is 9.88 Å². The van der Waals surface area contributed by atoms with Crippen molar-refractivity contribution in [2.45, 2.75) is 10.7 Å². The first-order valence-corrected chi connectivity index (χ1v) is 9.60. The second kappa shape index (κ2) is 7.50. The van der Waals surface area contributed by atoms with Gasteiger partial charge in [0.2, 0.25) is 0 Å². The van der Waals surface area contributed by atoms with Crippen LogP contribution in [0.4, 0.5) is 19.6 Å². The van der Waals surface area contributed by atoms with E-state index in [4.69, 9.17) is 4.42 Å². The van der Waals surface area contributed by atoms with Gasteiger partial charge >= 0.3 is 0 Å². The number of rotatable bonds is 5. The molecule has 0 atom stereocenters. The first-order valence-electron chi connectivity index (χ1n) is 7.90. The average Bonchev–Trinajstić information content (AvgIpc) is 3.32. The highest BCUT2D eigenvalue weighted by atomic mass is 32.2. The summed E-state index contributed by atoms with van der Waals surface area (Å²) in [5, 5.41) is 0.479. The van der Waals surface area contributed by atoms with E-state index >= 15 is 0 Å². The number of thioether (sulfide) groups is 1. The normalized spacial score (nSPS) is 11.2. The van der Waals surface area contributed by atoms with Crippen LogP contribution in [0, 0.1) is 0 Å². The van der Waals surface area contributed by atoms with E-state index in [0.717, 1.165) is 10.2 Å². The van der Waals surface area contributed by atoms with E-state index in [9.17, 15) is 13.6 Å². The van der Waals surface area contributed by atoms with Gasteiger partial charge in [0.05, 0.1) is 22.2 Å². The largest absolute Gasteiger partial charge is 0.459 e. The first kappa shape index (κ1) is 17.7. The van der Waals surface area contributed by atoms with Crippen molar-refractivity contribution in [2.24, 2.45) is 0 Å². The Morgan fingerprint density at radius 3 is 2.52 bits per heavy atom. The highest BCUT2D eigenvalue weighted by Crippen LogP contribution is 2.36. The molecule has 4 nitrogen and oxygen atoms in total. The number of carbonyl (C=O) groups is 1. The molecule has 0 aliphatic carbocycles. The Morgan fingerprint density at radius 2 is 1.85 bits per heavy atom. The lowest BCUT2D eigenvalue weighted by molar-refractivity contribution is 0.0973. The van der Waals surface area contributed by atoms with Crippen molar-refractivity contribution >= 4 is 50.0 Å². The number of anilines is 2. The summed E-state index contributed by atoms with van der Waals surface area (Å²) < 4.78 is 31.3. The predicted octanol–water partition coefficient (Wildman–Crippen LogP) is 6.18. The second-order valence-electron chi connectivity index (χ2n) is 5.45. The van der Waals surface area contributed by atoms with Gasteiger partial charge < -0.3 is 4.42 Å². The molecule has 2 aromatic carbocycles.